The fraction of sp³-hybridized carbons (Fsp3) is 0.564. The molecule has 16 rings (SSSR count). The van der Waals surface area contributed by atoms with Crippen molar-refractivity contribution in [1.82, 2.24) is 24.5 Å². The number of aliphatic hydroxyl groups excluding tert-OH is 2. The van der Waals surface area contributed by atoms with E-state index in [1.165, 1.54) is 65.6 Å². The molecular formula is C101H137BrF6I3MgN10NaO11S. The maximum absolute atomic E-state index is 12.6. The molecule has 10 heterocycles. The largest absolute Gasteiger partial charge is 2.00 e. The van der Waals surface area contributed by atoms with Gasteiger partial charge < -0.3 is 47.9 Å². The van der Waals surface area contributed by atoms with E-state index >= 15 is 0 Å². The molecule has 0 amide bonds. The van der Waals surface area contributed by atoms with Crippen molar-refractivity contribution >= 4 is 106 Å². The molecule has 34 heteroatoms. The first-order valence-electron chi connectivity index (χ1n) is 45.6. The zero-order valence-electron chi connectivity index (χ0n) is 78.8. The molecule has 1 aliphatic carbocycles. The first-order chi connectivity index (χ1) is 64.1. The number of nitriles is 4. The molecule has 0 radical (unpaired) electrons. The summed E-state index contributed by atoms with van der Waals surface area (Å²) in [6.45, 7) is 2.78. The minimum atomic E-state index is -1.54. The van der Waals surface area contributed by atoms with Crippen LogP contribution in [0.3, 0.4) is 0 Å². The van der Waals surface area contributed by atoms with Gasteiger partial charge in [-0.2, -0.15) is 57.4 Å². The fourth-order valence-corrected chi connectivity index (χ4v) is 21.2. The standard InChI is InChI=1S/C18H23FINO2.C18H24FNO2.2C17H21FN2.C11H15FN2.C8H7N.C6H5.C3H8FN.CH4O4S.2CH4O.BrH.I2.Mg.Na.H2O/c1-23-18(22)17-15(12-3-5-13(20)6-4-12)11-14-7-8-16(17)21(14)10-2-9-19;1-22-18(21)17-15(13-6-3-2-4-7-13)12-14-8-9-16(17)20(14)11-5-10-19;2*18-9-4-10-20-14-7-8-17(20)16(12-19)15(11-14)13-5-2-1-3-6-13;12-6-1-7-14-10-3-2-9(8-13)11(14)5-4-10;9-7-8-5-3-1-2-4-6-8;1-2-4-6-5-3-1;4-2-1-3-5;1-6(3)5-4-2;2*1-2;;1-2;;;/h3-6,14-17H,2,7-11H2,1H3;2-4,6-7,14-17H,5,8-12H2,1H3;2*1-3,5-6,14-17H,4,7-11H2;2,10-11H,1,3-7H2;1-6,8H;1-5H;1-3,5H2;2H,1H3;2*2H,1H3;1H;;;;1H2/q;;;;;;-1;;;;;;;+2;+1;/p-2/t2*14?,15?,16?,17-;2*14?,15?,16-,17?;;;;;;;;;;;;/m0010............/s1. The summed E-state index contributed by atoms with van der Waals surface area (Å²) in [5.74, 6) is 0.663. The molecule has 21 nitrogen and oxygen atoms in total. The summed E-state index contributed by atoms with van der Waals surface area (Å²) in [6.07, 6.45) is 34.0. The third-order valence-corrected chi connectivity index (χ3v) is 27.1. The number of piperidine rings is 4. The van der Waals surface area contributed by atoms with Crippen LogP contribution in [0, 0.1) is 84.6 Å². The number of fused-ring (bicyclic) bond motifs is 10. The molecule has 135 heavy (non-hydrogen) atoms. The number of aliphatic hydroxyl groups is 2. The number of carbonyl (C=O) groups is 2. The number of esters is 2. The number of hydrogen-bond acceptors (Lipinski definition) is 21. The van der Waals surface area contributed by atoms with Gasteiger partial charge in [0.2, 0.25) is 0 Å². The van der Waals surface area contributed by atoms with Crippen LogP contribution in [-0.2, 0) is 39.5 Å². The fourth-order valence-electron chi connectivity index (χ4n) is 20.8. The van der Waals surface area contributed by atoms with Crippen LogP contribution in [-0.4, -0.2) is 259 Å². The van der Waals surface area contributed by atoms with Gasteiger partial charge in [0.25, 0.3) is 0 Å². The van der Waals surface area contributed by atoms with E-state index in [1.807, 2.05) is 97.1 Å². The second-order valence-electron chi connectivity index (χ2n) is 33.2. The van der Waals surface area contributed by atoms with Crippen LogP contribution in [0.25, 0.3) is 0 Å². The van der Waals surface area contributed by atoms with E-state index in [-0.39, 0.29) is 181 Å². The van der Waals surface area contributed by atoms with Gasteiger partial charge in [-0.15, -0.1) is 4.33 Å². The van der Waals surface area contributed by atoms with Gasteiger partial charge in [-0.1, -0.05) is 151 Å². The number of benzene rings is 5. The van der Waals surface area contributed by atoms with E-state index in [9.17, 15) is 50.7 Å². The number of allylic oxidation sites excluding steroid dienone is 6. The van der Waals surface area contributed by atoms with E-state index in [0.717, 1.165) is 130 Å². The quantitative estimate of drug-likeness (QED) is 0.00802. The Morgan fingerprint density at radius 3 is 1.11 bits per heavy atom. The van der Waals surface area contributed by atoms with E-state index in [1.54, 1.807) is 0 Å². The smallest absolute Gasteiger partial charge is 1.00 e. The van der Waals surface area contributed by atoms with E-state index < -0.39 is 11.1 Å². The Kier molecular flexibility index (Phi) is 72.8. The normalized spacial score (nSPS) is 25.9. The van der Waals surface area contributed by atoms with Crippen molar-refractivity contribution in [1.29, 1.82) is 21.0 Å². The Balaban J connectivity index is 0.000000778. The number of ether oxygens (including phenoxy) is 2. The van der Waals surface area contributed by atoms with Crippen molar-refractivity contribution in [3.05, 3.63) is 226 Å². The summed E-state index contributed by atoms with van der Waals surface area (Å²) in [5, 5.41) is 61.0. The van der Waals surface area contributed by atoms with Gasteiger partial charge in [0.05, 0.1) is 108 Å². The molecule has 9 saturated heterocycles. The predicted molar refractivity (Wildman–Crippen MR) is 538 cm³/mol. The Labute approximate surface area is 887 Å². The van der Waals surface area contributed by atoms with E-state index in [0.29, 0.717) is 105 Å². The average molecular weight is 2320 g/mol. The van der Waals surface area contributed by atoms with Gasteiger partial charge in [0.15, 0.2) is 11.1 Å². The van der Waals surface area contributed by atoms with Crippen LogP contribution in [0.15, 0.2) is 194 Å². The molecule has 10 aliphatic heterocycles. The molecule has 19 atom stereocenters. The Bertz CT molecular complexity index is 4160. The summed E-state index contributed by atoms with van der Waals surface area (Å²) >= 11 is 5.00. The number of nitrogens with zero attached hydrogens (tertiary/aromatic N) is 9. The van der Waals surface area contributed by atoms with Gasteiger partial charge in [0.1, 0.15) is 0 Å². The van der Waals surface area contributed by atoms with Crippen LogP contribution in [0.5, 0.6) is 0 Å². The van der Waals surface area contributed by atoms with Crippen LogP contribution < -0.4 is 52.3 Å². The van der Waals surface area contributed by atoms with Crippen LogP contribution in [0.1, 0.15) is 181 Å². The molecule has 5 aromatic carbocycles. The zero-order valence-corrected chi connectivity index (χ0v) is 91.1. The SMILES string of the molecule is CO.CO.COC(=O)[C@H]1C(c2ccc(I)cc2)CC2CCC1N2CCCF.COC(=O)[C@H]1C(c2ccccc2)CC2CCC1N2CCCF.CS(=O)OOO.II.N#CC1=CCC2CCC1N2CCCF.N#CC1C=CC=CC=C1.N#C[C@@H]1C(c2ccccc2)CC2CCC1N2CCCF.N#C[C@H]1C(c2ccccc2)CC2CCC1N2CCCF.NCCCF.[Br-].[Mg+2].[Na+].[OH-].[c-]1ccccc1. The topological polar surface area (TPSA) is 316 Å². The molecule has 15 unspecified atom stereocenters. The molecule has 6 N–H and O–H groups in total. The minimum absolute atomic E-state index is 0. The molecule has 0 spiro atoms. The van der Waals surface area contributed by atoms with Gasteiger partial charge in [-0.05, 0) is 198 Å². The van der Waals surface area contributed by atoms with Crippen molar-refractivity contribution in [2.24, 2.45) is 35.3 Å². The molecule has 0 aromatic heterocycles. The Hall–Kier alpha value is -4.35. The molecule has 9 fully saturated rings. The van der Waals surface area contributed by atoms with Crippen molar-refractivity contribution in [2.45, 2.75) is 219 Å². The summed E-state index contributed by atoms with van der Waals surface area (Å²) in [5.41, 5.74) is 10.8. The second kappa shape index (κ2) is 76.3. The minimum Gasteiger partial charge on any atom is -1.00 e. The maximum atomic E-state index is 12.6. The van der Waals surface area contributed by atoms with E-state index in [4.69, 9.17) is 41.2 Å². The summed E-state index contributed by atoms with van der Waals surface area (Å²) < 4.78 is 97.7. The van der Waals surface area contributed by atoms with Gasteiger partial charge in [-0.3, -0.25) is 60.4 Å². The Morgan fingerprint density at radius 2 is 0.815 bits per heavy atom. The zero-order chi connectivity index (χ0) is 95.7. The molecule has 11 aliphatic rings. The predicted octanol–water partition coefficient (Wildman–Crippen LogP) is 13.7. The third kappa shape index (κ3) is 40.8. The molecule has 736 valence electrons. The van der Waals surface area contributed by atoms with Gasteiger partial charge in [-0.25, -0.2) is 9.47 Å². The summed E-state index contributed by atoms with van der Waals surface area (Å²) in [4.78, 5) is 36.8. The molecule has 5 aromatic rings. The first kappa shape index (κ1) is 129. The summed E-state index contributed by atoms with van der Waals surface area (Å²) in [7, 11) is 4.94. The number of alkyl halides is 6. The molecule has 10 bridgehead atoms. The maximum Gasteiger partial charge on any atom is 2.00 e. The van der Waals surface area contributed by atoms with Crippen molar-refractivity contribution < 1.29 is 126 Å². The summed E-state index contributed by atoms with van der Waals surface area (Å²) in [6, 6.07) is 65.5. The van der Waals surface area contributed by atoms with Crippen molar-refractivity contribution in [3.8, 4) is 24.3 Å². The first-order valence-corrected chi connectivity index (χ1v) is 54.4. The third-order valence-electron chi connectivity index (χ3n) is 26.2. The molecular weight excluding hydrogens is 2180 g/mol. The van der Waals surface area contributed by atoms with Gasteiger partial charge in [0, 0.05) is 184 Å². The number of halogens is 10. The monoisotopic (exact) mass is 2320 g/mol. The number of nitrogens with two attached hydrogens (primary N) is 1. The van der Waals surface area contributed by atoms with E-state index in [2.05, 4.69) is 215 Å². The van der Waals surface area contributed by atoms with Crippen LogP contribution in [0.4, 0.5) is 26.3 Å². The second-order valence-corrected chi connectivity index (χ2v) is 35.4. The molecule has 0 saturated carbocycles. The number of rotatable bonds is 25. The average Bonchev–Trinajstić information content (AvgIpc) is 1.63. The van der Waals surface area contributed by atoms with Crippen LogP contribution >= 0.6 is 59.8 Å². The Morgan fingerprint density at radius 1 is 0.481 bits per heavy atom. The van der Waals surface area contributed by atoms with Gasteiger partial charge >= 0.3 is 64.5 Å². The number of methoxy groups -OCH3 is 2. The van der Waals surface area contributed by atoms with Crippen molar-refractivity contribution in [3.63, 3.8) is 0 Å². The van der Waals surface area contributed by atoms with Crippen LogP contribution in [0.2, 0.25) is 0 Å². The van der Waals surface area contributed by atoms with Crippen molar-refractivity contribution in [2.75, 3.05) is 114 Å². The number of carbonyl (C=O) groups excluding carboxylic acids is 2. The number of hydrogen-bond donors (Lipinski definition) is 4.